The van der Waals surface area contributed by atoms with E-state index in [-0.39, 0.29) is 43.7 Å². The van der Waals surface area contributed by atoms with Crippen molar-refractivity contribution in [1.29, 1.82) is 0 Å². The molecule has 1 saturated heterocycles. The molecule has 4 amide bonds. The summed E-state index contributed by atoms with van der Waals surface area (Å²) in [6.07, 6.45) is 0.125. The molecule has 106 valence electrons. The van der Waals surface area contributed by atoms with Gasteiger partial charge in [0.25, 0.3) is 0 Å². The number of benzene rings is 1. The normalized spacial score (nSPS) is 14.3. The summed E-state index contributed by atoms with van der Waals surface area (Å²) < 4.78 is 12.7. The Hall–Kier alpha value is -2.44. The summed E-state index contributed by atoms with van der Waals surface area (Å²) in [6, 6.07) is 5.20. The lowest BCUT2D eigenvalue weighted by Crippen LogP contribution is -2.39. The summed E-state index contributed by atoms with van der Waals surface area (Å²) in [7, 11) is 0. The van der Waals surface area contributed by atoms with E-state index in [1.807, 2.05) is 0 Å². The van der Waals surface area contributed by atoms with E-state index in [4.69, 9.17) is 0 Å². The lowest BCUT2D eigenvalue weighted by molar-refractivity contribution is -0.125. The van der Waals surface area contributed by atoms with Crippen molar-refractivity contribution in [2.45, 2.75) is 6.42 Å². The minimum atomic E-state index is -0.442. The third kappa shape index (κ3) is 3.53. The van der Waals surface area contributed by atoms with Crippen LogP contribution in [0.1, 0.15) is 5.56 Å². The van der Waals surface area contributed by atoms with E-state index in [1.165, 1.54) is 24.3 Å². The molecule has 1 aromatic rings. The van der Waals surface area contributed by atoms with E-state index in [1.54, 1.807) is 0 Å². The Morgan fingerprint density at radius 1 is 1.30 bits per heavy atom. The van der Waals surface area contributed by atoms with Crippen molar-refractivity contribution in [3.05, 3.63) is 35.6 Å². The number of imide groups is 1. The van der Waals surface area contributed by atoms with Gasteiger partial charge in [-0.05, 0) is 17.7 Å². The van der Waals surface area contributed by atoms with Crippen molar-refractivity contribution in [2.24, 2.45) is 0 Å². The van der Waals surface area contributed by atoms with Gasteiger partial charge >= 0.3 is 6.03 Å². The van der Waals surface area contributed by atoms with Gasteiger partial charge in [-0.1, -0.05) is 12.1 Å². The molecule has 1 fully saturated rings. The summed E-state index contributed by atoms with van der Waals surface area (Å²) in [4.78, 5) is 35.2. The van der Waals surface area contributed by atoms with E-state index in [2.05, 4.69) is 10.6 Å². The summed E-state index contributed by atoms with van der Waals surface area (Å²) in [5.41, 5.74) is 0.693. The molecule has 1 aliphatic heterocycles. The van der Waals surface area contributed by atoms with Gasteiger partial charge in [0.1, 0.15) is 5.82 Å². The van der Waals surface area contributed by atoms with Crippen LogP contribution in [0.5, 0.6) is 0 Å². The molecule has 0 bridgehead atoms. The van der Waals surface area contributed by atoms with Crippen LogP contribution in [-0.2, 0) is 16.0 Å². The SMILES string of the molecule is O=C(Cc1ccc(F)cc1)NCCN1C(=O)CNC1=O. The van der Waals surface area contributed by atoms with E-state index in [0.717, 1.165) is 4.90 Å². The molecule has 1 aliphatic rings. The number of carbonyl (C=O) groups excluding carboxylic acids is 3. The second-order valence-corrected chi connectivity index (χ2v) is 4.36. The molecule has 0 unspecified atom stereocenters. The summed E-state index contributed by atoms with van der Waals surface area (Å²) in [5.74, 6) is -0.904. The fourth-order valence-electron chi connectivity index (χ4n) is 1.84. The number of urea groups is 1. The predicted molar refractivity (Wildman–Crippen MR) is 68.2 cm³/mol. The van der Waals surface area contributed by atoms with E-state index in [0.29, 0.717) is 5.56 Å². The molecule has 0 saturated carbocycles. The zero-order chi connectivity index (χ0) is 14.5. The maximum atomic E-state index is 12.7. The molecular weight excluding hydrogens is 265 g/mol. The first-order valence-corrected chi connectivity index (χ1v) is 6.15. The number of rotatable bonds is 5. The summed E-state index contributed by atoms with van der Waals surface area (Å²) in [6.45, 7) is 0.335. The van der Waals surface area contributed by atoms with Crippen molar-refractivity contribution in [1.82, 2.24) is 15.5 Å². The fourth-order valence-corrected chi connectivity index (χ4v) is 1.84. The Bertz CT molecular complexity index is 514. The van der Waals surface area contributed by atoms with E-state index >= 15 is 0 Å². The monoisotopic (exact) mass is 279 g/mol. The largest absolute Gasteiger partial charge is 0.354 e. The summed E-state index contributed by atoms with van der Waals surface area (Å²) >= 11 is 0. The number of hydrogen-bond acceptors (Lipinski definition) is 3. The molecular formula is C13H14FN3O3. The molecule has 0 radical (unpaired) electrons. The number of nitrogens with one attached hydrogen (secondary N) is 2. The van der Waals surface area contributed by atoms with Gasteiger partial charge in [-0.3, -0.25) is 14.5 Å². The van der Waals surface area contributed by atoms with Crippen LogP contribution in [0, 0.1) is 5.82 Å². The molecule has 2 N–H and O–H groups in total. The van der Waals surface area contributed by atoms with Crippen molar-refractivity contribution >= 4 is 17.8 Å². The number of nitrogens with zero attached hydrogens (tertiary/aromatic N) is 1. The maximum absolute atomic E-state index is 12.7. The standard InChI is InChI=1S/C13H14FN3O3/c14-10-3-1-9(2-4-10)7-11(18)15-5-6-17-12(19)8-16-13(17)20/h1-4H,5-8H2,(H,15,18)(H,16,20). The van der Waals surface area contributed by atoms with Crippen LogP contribution in [0.4, 0.5) is 9.18 Å². The third-order valence-electron chi connectivity index (χ3n) is 2.87. The Labute approximate surface area is 114 Å². The average Bonchev–Trinajstić information content (AvgIpc) is 2.73. The van der Waals surface area contributed by atoms with Crippen molar-refractivity contribution in [2.75, 3.05) is 19.6 Å². The Balaban J connectivity index is 1.74. The molecule has 1 aromatic carbocycles. The highest BCUT2D eigenvalue weighted by molar-refractivity contribution is 6.01. The fraction of sp³-hybridized carbons (Fsp3) is 0.308. The van der Waals surface area contributed by atoms with Gasteiger partial charge in [0, 0.05) is 13.1 Å². The first-order chi connectivity index (χ1) is 9.56. The summed E-state index contributed by atoms with van der Waals surface area (Å²) in [5, 5.41) is 5.00. The first-order valence-electron chi connectivity index (χ1n) is 6.15. The molecule has 0 spiro atoms. The minimum Gasteiger partial charge on any atom is -0.354 e. The molecule has 0 atom stereocenters. The number of hydrogen-bond donors (Lipinski definition) is 2. The average molecular weight is 279 g/mol. The Kier molecular flexibility index (Phi) is 4.29. The maximum Gasteiger partial charge on any atom is 0.324 e. The Morgan fingerprint density at radius 3 is 2.60 bits per heavy atom. The van der Waals surface area contributed by atoms with Gasteiger partial charge < -0.3 is 10.6 Å². The predicted octanol–water partition coefficient (Wildman–Crippen LogP) is 0.0362. The van der Waals surface area contributed by atoms with Crippen molar-refractivity contribution < 1.29 is 18.8 Å². The number of amides is 4. The van der Waals surface area contributed by atoms with Gasteiger partial charge in [-0.15, -0.1) is 0 Å². The third-order valence-corrected chi connectivity index (χ3v) is 2.87. The lowest BCUT2D eigenvalue weighted by atomic mass is 10.1. The highest BCUT2D eigenvalue weighted by atomic mass is 19.1. The van der Waals surface area contributed by atoms with Crippen LogP contribution < -0.4 is 10.6 Å². The van der Waals surface area contributed by atoms with E-state index < -0.39 is 6.03 Å². The highest BCUT2D eigenvalue weighted by Crippen LogP contribution is 2.03. The van der Waals surface area contributed by atoms with Crippen LogP contribution >= 0.6 is 0 Å². The van der Waals surface area contributed by atoms with Gasteiger partial charge in [0.2, 0.25) is 11.8 Å². The molecule has 1 heterocycles. The number of halogens is 1. The highest BCUT2D eigenvalue weighted by Gasteiger charge is 2.27. The topological polar surface area (TPSA) is 78.5 Å². The molecule has 2 rings (SSSR count). The van der Waals surface area contributed by atoms with Crippen LogP contribution in [-0.4, -0.2) is 42.4 Å². The van der Waals surface area contributed by atoms with Gasteiger partial charge in [0.05, 0.1) is 13.0 Å². The molecule has 7 heteroatoms. The zero-order valence-electron chi connectivity index (χ0n) is 10.7. The molecule has 0 aliphatic carbocycles. The van der Waals surface area contributed by atoms with Gasteiger partial charge in [-0.25, -0.2) is 9.18 Å². The van der Waals surface area contributed by atoms with Gasteiger partial charge in [-0.2, -0.15) is 0 Å². The quantitative estimate of drug-likeness (QED) is 0.747. The second-order valence-electron chi connectivity index (χ2n) is 4.36. The number of carbonyl (C=O) groups is 3. The molecule has 20 heavy (non-hydrogen) atoms. The zero-order valence-corrected chi connectivity index (χ0v) is 10.7. The first kappa shape index (κ1) is 14.0. The van der Waals surface area contributed by atoms with Crippen molar-refractivity contribution in [3.63, 3.8) is 0 Å². The van der Waals surface area contributed by atoms with Crippen LogP contribution in [0.3, 0.4) is 0 Å². The van der Waals surface area contributed by atoms with Crippen LogP contribution in [0.2, 0.25) is 0 Å². The Morgan fingerprint density at radius 2 is 2.00 bits per heavy atom. The van der Waals surface area contributed by atoms with Crippen molar-refractivity contribution in [3.8, 4) is 0 Å². The second kappa shape index (κ2) is 6.14. The molecule has 0 aromatic heterocycles. The van der Waals surface area contributed by atoms with Crippen LogP contribution in [0.25, 0.3) is 0 Å². The van der Waals surface area contributed by atoms with Crippen LogP contribution in [0.15, 0.2) is 24.3 Å². The minimum absolute atomic E-state index is 0.00234. The van der Waals surface area contributed by atoms with Gasteiger partial charge in [0.15, 0.2) is 0 Å². The molecule has 6 nitrogen and oxygen atoms in total. The lowest BCUT2D eigenvalue weighted by Gasteiger charge is -2.12. The smallest absolute Gasteiger partial charge is 0.324 e. The van der Waals surface area contributed by atoms with E-state index in [9.17, 15) is 18.8 Å².